The Hall–Kier alpha value is -0.900. The lowest BCUT2D eigenvalue weighted by atomic mass is 9.99. The van der Waals surface area contributed by atoms with Gasteiger partial charge in [0.25, 0.3) is 0 Å². The summed E-state index contributed by atoms with van der Waals surface area (Å²) < 4.78 is 14.9. The van der Waals surface area contributed by atoms with Crippen LogP contribution in [0.25, 0.3) is 0 Å². The summed E-state index contributed by atoms with van der Waals surface area (Å²) in [4.78, 5) is 0. The molecule has 106 valence electrons. The van der Waals surface area contributed by atoms with Crippen LogP contribution in [0, 0.1) is 5.82 Å². The molecule has 0 amide bonds. The van der Waals surface area contributed by atoms with Crippen LogP contribution in [0.3, 0.4) is 0 Å². The first kappa shape index (κ1) is 15.5. The van der Waals surface area contributed by atoms with Crippen molar-refractivity contribution in [2.75, 3.05) is 7.05 Å². The average Bonchev–Trinajstić information content (AvgIpc) is 2.43. The molecule has 1 atom stereocenters. The summed E-state index contributed by atoms with van der Waals surface area (Å²) in [6.07, 6.45) is 1.46. The van der Waals surface area contributed by atoms with Crippen molar-refractivity contribution in [2.24, 2.45) is 0 Å². The number of nitrogens with one attached hydrogen (secondary N) is 1. The van der Waals surface area contributed by atoms with Crippen LogP contribution in [-0.4, -0.2) is 13.1 Å². The van der Waals surface area contributed by atoms with E-state index >= 15 is 0 Å². The summed E-state index contributed by atoms with van der Waals surface area (Å²) in [5.41, 5.74) is 1.89. The summed E-state index contributed by atoms with van der Waals surface area (Å²) in [5, 5.41) is 3.68. The summed E-state index contributed by atoms with van der Waals surface area (Å²) in [7, 11) is 1.90. The van der Waals surface area contributed by atoms with E-state index in [1.807, 2.05) is 25.2 Å². The molecule has 0 heterocycles. The van der Waals surface area contributed by atoms with Gasteiger partial charge in [0.2, 0.25) is 0 Å². The molecule has 4 heteroatoms. The van der Waals surface area contributed by atoms with Gasteiger partial charge in [0.15, 0.2) is 0 Å². The van der Waals surface area contributed by atoms with E-state index in [9.17, 15) is 4.39 Å². The van der Waals surface area contributed by atoms with Gasteiger partial charge in [-0.3, -0.25) is 0 Å². The third-order valence-electron chi connectivity index (χ3n) is 3.31. The number of halogens is 3. The molecule has 0 saturated carbocycles. The van der Waals surface area contributed by atoms with Gasteiger partial charge >= 0.3 is 0 Å². The monoisotopic (exact) mass is 355 g/mol. The topological polar surface area (TPSA) is 12.0 Å². The molecule has 1 unspecified atom stereocenters. The summed E-state index contributed by atoms with van der Waals surface area (Å²) in [5.74, 6) is -0.245. The predicted molar refractivity (Wildman–Crippen MR) is 85.8 cm³/mol. The average molecular weight is 357 g/mol. The molecule has 1 nitrogen and oxygen atoms in total. The highest BCUT2D eigenvalue weighted by molar-refractivity contribution is 9.10. The van der Waals surface area contributed by atoms with Crippen LogP contribution in [0.4, 0.5) is 4.39 Å². The molecule has 0 bridgehead atoms. The van der Waals surface area contributed by atoms with E-state index in [2.05, 4.69) is 27.3 Å². The molecule has 1 N–H and O–H groups in total. The molecule has 0 aliphatic carbocycles. The number of likely N-dealkylation sites (N-methyl/N-ethyl adjacent to an activating group) is 1. The summed E-state index contributed by atoms with van der Waals surface area (Å²) in [6, 6.07) is 13.1. The van der Waals surface area contributed by atoms with Crippen molar-refractivity contribution in [3.8, 4) is 0 Å². The first-order valence-corrected chi connectivity index (χ1v) is 7.62. The third kappa shape index (κ3) is 4.05. The van der Waals surface area contributed by atoms with Crippen molar-refractivity contribution < 1.29 is 4.39 Å². The zero-order chi connectivity index (χ0) is 14.5. The van der Waals surface area contributed by atoms with E-state index in [0.29, 0.717) is 17.0 Å². The highest BCUT2D eigenvalue weighted by atomic mass is 79.9. The fourth-order valence-corrected chi connectivity index (χ4v) is 2.76. The minimum absolute atomic E-state index is 0.171. The van der Waals surface area contributed by atoms with Gasteiger partial charge in [0, 0.05) is 15.5 Å². The van der Waals surface area contributed by atoms with Gasteiger partial charge in [-0.25, -0.2) is 4.39 Å². The zero-order valence-corrected chi connectivity index (χ0v) is 13.5. The molecular formula is C16H16BrClFN. The molecule has 0 radical (unpaired) electrons. The second-order valence-corrected chi connectivity index (χ2v) is 6.01. The van der Waals surface area contributed by atoms with Gasteiger partial charge in [-0.2, -0.15) is 0 Å². The van der Waals surface area contributed by atoms with Crippen molar-refractivity contribution in [1.82, 2.24) is 5.32 Å². The number of hydrogen-bond acceptors (Lipinski definition) is 1. The van der Waals surface area contributed by atoms with E-state index in [1.165, 1.54) is 11.6 Å². The SMILES string of the molecule is CNC(Cc1ccc(Cl)cc1F)Cc1ccccc1Br. The van der Waals surface area contributed by atoms with E-state index in [0.717, 1.165) is 10.9 Å². The highest BCUT2D eigenvalue weighted by Gasteiger charge is 2.13. The van der Waals surface area contributed by atoms with E-state index in [1.54, 1.807) is 12.1 Å². The number of hydrogen-bond donors (Lipinski definition) is 1. The molecule has 0 aliphatic rings. The Bertz CT molecular complexity index is 588. The molecule has 20 heavy (non-hydrogen) atoms. The van der Waals surface area contributed by atoms with Gasteiger partial charge in [0.05, 0.1) is 0 Å². The molecule has 2 aromatic carbocycles. The number of benzene rings is 2. The van der Waals surface area contributed by atoms with E-state index in [4.69, 9.17) is 11.6 Å². The standard InChI is InChI=1S/C16H16BrClFN/c1-20-14(8-11-4-2-3-5-15(11)17)9-12-6-7-13(18)10-16(12)19/h2-7,10,14,20H,8-9H2,1H3. The second kappa shape index (κ2) is 7.21. The van der Waals surface area contributed by atoms with Crippen molar-refractivity contribution >= 4 is 27.5 Å². The Labute approximate surface area is 132 Å². The Morgan fingerprint density at radius 1 is 1.15 bits per heavy atom. The first-order chi connectivity index (χ1) is 9.60. The van der Waals surface area contributed by atoms with Crippen molar-refractivity contribution in [1.29, 1.82) is 0 Å². The fraction of sp³-hybridized carbons (Fsp3) is 0.250. The molecule has 2 rings (SSSR count). The van der Waals surface area contributed by atoms with Crippen LogP contribution in [0.2, 0.25) is 5.02 Å². The summed E-state index contributed by atoms with van der Waals surface area (Å²) >= 11 is 9.32. The Morgan fingerprint density at radius 2 is 1.85 bits per heavy atom. The lowest BCUT2D eigenvalue weighted by molar-refractivity contribution is 0.531. The minimum Gasteiger partial charge on any atom is -0.316 e. The Kier molecular flexibility index (Phi) is 5.58. The largest absolute Gasteiger partial charge is 0.316 e. The van der Waals surface area contributed by atoms with Crippen molar-refractivity contribution in [3.05, 3.63) is 68.9 Å². The maximum absolute atomic E-state index is 13.8. The van der Waals surface area contributed by atoms with Gasteiger partial charge in [-0.1, -0.05) is 51.8 Å². The molecule has 2 aromatic rings. The lowest BCUT2D eigenvalue weighted by Gasteiger charge is -2.17. The van der Waals surface area contributed by atoms with Crippen LogP contribution in [0.5, 0.6) is 0 Å². The second-order valence-electron chi connectivity index (χ2n) is 4.72. The van der Waals surface area contributed by atoms with Gasteiger partial charge in [-0.15, -0.1) is 0 Å². The quantitative estimate of drug-likeness (QED) is 0.824. The Morgan fingerprint density at radius 3 is 2.50 bits per heavy atom. The minimum atomic E-state index is -0.245. The van der Waals surface area contributed by atoms with Crippen LogP contribution in [-0.2, 0) is 12.8 Å². The highest BCUT2D eigenvalue weighted by Crippen LogP contribution is 2.20. The van der Waals surface area contributed by atoms with Crippen molar-refractivity contribution in [2.45, 2.75) is 18.9 Å². The molecule has 0 aliphatic heterocycles. The maximum Gasteiger partial charge on any atom is 0.127 e. The van der Waals surface area contributed by atoms with Crippen molar-refractivity contribution in [3.63, 3.8) is 0 Å². The maximum atomic E-state index is 13.8. The first-order valence-electron chi connectivity index (χ1n) is 6.44. The fourth-order valence-electron chi connectivity index (χ4n) is 2.16. The lowest BCUT2D eigenvalue weighted by Crippen LogP contribution is -2.30. The molecule has 0 aromatic heterocycles. The summed E-state index contributed by atoms with van der Waals surface area (Å²) in [6.45, 7) is 0. The van der Waals surface area contributed by atoms with Crippen LogP contribution < -0.4 is 5.32 Å². The van der Waals surface area contributed by atoms with Crippen LogP contribution in [0.1, 0.15) is 11.1 Å². The van der Waals surface area contributed by atoms with E-state index in [-0.39, 0.29) is 11.9 Å². The number of rotatable bonds is 5. The Balaban J connectivity index is 2.11. The van der Waals surface area contributed by atoms with Crippen LogP contribution >= 0.6 is 27.5 Å². The molecule has 0 spiro atoms. The molecule has 0 saturated heterocycles. The van der Waals surface area contributed by atoms with Gasteiger partial charge in [0.1, 0.15) is 5.82 Å². The predicted octanol–water partition coefficient (Wildman–Crippen LogP) is 4.61. The normalized spacial score (nSPS) is 12.4. The zero-order valence-electron chi connectivity index (χ0n) is 11.2. The molecule has 0 fully saturated rings. The third-order valence-corrected chi connectivity index (χ3v) is 4.32. The van der Waals surface area contributed by atoms with E-state index < -0.39 is 0 Å². The van der Waals surface area contributed by atoms with Gasteiger partial charge in [-0.05, 0) is 49.2 Å². The van der Waals surface area contributed by atoms with Gasteiger partial charge < -0.3 is 5.32 Å². The molecular weight excluding hydrogens is 341 g/mol. The smallest absolute Gasteiger partial charge is 0.127 e. The van der Waals surface area contributed by atoms with Crippen LogP contribution in [0.15, 0.2) is 46.9 Å².